The summed E-state index contributed by atoms with van der Waals surface area (Å²) in [6, 6.07) is 8.51. The van der Waals surface area contributed by atoms with Crippen LogP contribution in [-0.4, -0.2) is 24.2 Å². The van der Waals surface area contributed by atoms with Gasteiger partial charge in [0.25, 0.3) is 0 Å². The summed E-state index contributed by atoms with van der Waals surface area (Å²) in [5, 5.41) is 3.61. The molecule has 0 radical (unpaired) electrons. The Labute approximate surface area is 114 Å². The molecule has 1 atom stereocenters. The monoisotopic (exact) mass is 265 g/mol. The molecule has 1 heterocycles. The lowest BCUT2D eigenvalue weighted by Gasteiger charge is -2.23. The van der Waals surface area contributed by atoms with Gasteiger partial charge in [0.15, 0.2) is 0 Å². The first-order valence-electron chi connectivity index (χ1n) is 6.64. The second-order valence-electron chi connectivity index (χ2n) is 5.21. The van der Waals surface area contributed by atoms with E-state index >= 15 is 0 Å². The Morgan fingerprint density at radius 1 is 1.33 bits per heavy atom. The van der Waals surface area contributed by atoms with Crippen LogP contribution in [0.5, 0.6) is 0 Å². The predicted octanol–water partition coefficient (Wildman–Crippen LogP) is 3.21. The van der Waals surface area contributed by atoms with E-state index in [1.54, 1.807) is 7.11 Å². The van der Waals surface area contributed by atoms with Crippen molar-refractivity contribution >= 4 is 11.8 Å². The Morgan fingerprint density at radius 2 is 2.11 bits per heavy atom. The Morgan fingerprint density at radius 3 is 2.78 bits per heavy atom. The molecule has 0 saturated carbocycles. The topological polar surface area (TPSA) is 21.3 Å². The molecule has 100 valence electrons. The molecule has 2 nitrogen and oxygen atoms in total. The number of hydrogen-bond acceptors (Lipinski definition) is 3. The van der Waals surface area contributed by atoms with Crippen LogP contribution >= 0.6 is 11.8 Å². The van der Waals surface area contributed by atoms with E-state index in [1.165, 1.54) is 29.7 Å². The third-order valence-electron chi connectivity index (χ3n) is 3.53. The molecule has 1 saturated heterocycles. The molecule has 0 bridgehead atoms. The first kappa shape index (κ1) is 13.9. The molecule has 1 aromatic carbocycles. The van der Waals surface area contributed by atoms with Gasteiger partial charge in [-0.1, -0.05) is 24.3 Å². The zero-order valence-corrected chi connectivity index (χ0v) is 12.2. The summed E-state index contributed by atoms with van der Waals surface area (Å²) < 4.78 is 5.68. The third kappa shape index (κ3) is 3.74. The fourth-order valence-corrected chi connectivity index (χ4v) is 3.74. The van der Waals surface area contributed by atoms with Crippen LogP contribution in [0.3, 0.4) is 0 Å². The largest absolute Gasteiger partial charge is 0.380 e. The Hall–Kier alpha value is -0.510. The van der Waals surface area contributed by atoms with Gasteiger partial charge in [-0.25, -0.2) is 0 Å². The van der Waals surface area contributed by atoms with Crippen molar-refractivity contribution in [1.29, 1.82) is 0 Å². The SMILES string of the molecule is COCc1ccccc1CNCC1(C)CCCS1. The van der Waals surface area contributed by atoms with Crippen molar-refractivity contribution in [1.82, 2.24) is 5.32 Å². The molecular weight excluding hydrogens is 242 g/mol. The van der Waals surface area contributed by atoms with E-state index in [1.807, 2.05) is 0 Å². The van der Waals surface area contributed by atoms with Crippen LogP contribution in [0.25, 0.3) is 0 Å². The summed E-state index contributed by atoms with van der Waals surface area (Å²) >= 11 is 2.11. The third-order valence-corrected chi connectivity index (χ3v) is 5.07. The summed E-state index contributed by atoms with van der Waals surface area (Å²) in [5.74, 6) is 1.32. The molecule has 1 unspecified atom stereocenters. The molecule has 0 aliphatic carbocycles. The predicted molar refractivity (Wildman–Crippen MR) is 79.0 cm³/mol. The number of benzene rings is 1. The van der Waals surface area contributed by atoms with E-state index in [0.29, 0.717) is 11.4 Å². The second kappa shape index (κ2) is 6.60. The van der Waals surface area contributed by atoms with E-state index < -0.39 is 0 Å². The highest BCUT2D eigenvalue weighted by molar-refractivity contribution is 8.00. The Balaban J connectivity index is 1.86. The van der Waals surface area contributed by atoms with Crippen LogP contribution in [-0.2, 0) is 17.9 Å². The van der Waals surface area contributed by atoms with Gasteiger partial charge in [-0.15, -0.1) is 0 Å². The van der Waals surface area contributed by atoms with E-state index in [9.17, 15) is 0 Å². The number of ether oxygens (including phenoxy) is 1. The molecule has 1 N–H and O–H groups in total. The smallest absolute Gasteiger partial charge is 0.0716 e. The Kier molecular flexibility index (Phi) is 5.10. The molecule has 18 heavy (non-hydrogen) atoms. The molecule has 0 spiro atoms. The lowest BCUT2D eigenvalue weighted by molar-refractivity contribution is 0.184. The minimum absolute atomic E-state index is 0.441. The van der Waals surface area contributed by atoms with Crippen LogP contribution in [0, 0.1) is 0 Å². The molecule has 3 heteroatoms. The van der Waals surface area contributed by atoms with Gasteiger partial charge in [0.2, 0.25) is 0 Å². The lowest BCUT2D eigenvalue weighted by atomic mass is 10.0. The molecule has 2 rings (SSSR count). The summed E-state index contributed by atoms with van der Waals surface area (Å²) in [4.78, 5) is 0. The van der Waals surface area contributed by atoms with Gasteiger partial charge in [-0.2, -0.15) is 11.8 Å². The van der Waals surface area contributed by atoms with Gasteiger partial charge in [-0.05, 0) is 36.6 Å². The van der Waals surface area contributed by atoms with Crippen molar-refractivity contribution in [3.05, 3.63) is 35.4 Å². The van der Waals surface area contributed by atoms with Crippen molar-refractivity contribution in [2.45, 2.75) is 37.7 Å². The fourth-order valence-electron chi connectivity index (χ4n) is 2.46. The molecular formula is C15H23NOS. The first-order valence-corrected chi connectivity index (χ1v) is 7.62. The van der Waals surface area contributed by atoms with E-state index in [2.05, 4.69) is 48.3 Å². The zero-order valence-electron chi connectivity index (χ0n) is 11.4. The summed E-state index contributed by atoms with van der Waals surface area (Å²) in [6.07, 6.45) is 2.70. The number of nitrogens with one attached hydrogen (secondary N) is 1. The standard InChI is InChI=1S/C15H23NOS/c1-15(8-5-9-18-15)12-16-10-13-6-3-4-7-14(13)11-17-2/h3-4,6-7,16H,5,8-12H2,1-2H3. The minimum Gasteiger partial charge on any atom is -0.380 e. The maximum absolute atomic E-state index is 5.24. The molecule has 1 aliphatic rings. The van der Waals surface area contributed by atoms with Gasteiger partial charge >= 0.3 is 0 Å². The maximum Gasteiger partial charge on any atom is 0.0716 e. The van der Waals surface area contributed by atoms with Crippen LogP contribution in [0.1, 0.15) is 30.9 Å². The average molecular weight is 265 g/mol. The van der Waals surface area contributed by atoms with Crippen LogP contribution in [0.15, 0.2) is 24.3 Å². The van der Waals surface area contributed by atoms with Crippen LogP contribution in [0.2, 0.25) is 0 Å². The Bertz CT molecular complexity index is 375. The van der Waals surface area contributed by atoms with Gasteiger partial charge in [0.1, 0.15) is 0 Å². The molecule has 0 amide bonds. The quantitative estimate of drug-likeness (QED) is 0.853. The number of methoxy groups -OCH3 is 1. The minimum atomic E-state index is 0.441. The second-order valence-corrected chi connectivity index (χ2v) is 6.89. The van der Waals surface area contributed by atoms with Gasteiger partial charge < -0.3 is 10.1 Å². The zero-order chi connectivity index (χ0) is 12.8. The molecule has 1 fully saturated rings. The molecule has 0 aromatic heterocycles. The lowest BCUT2D eigenvalue weighted by Crippen LogP contribution is -2.32. The molecule has 1 aromatic rings. The highest BCUT2D eigenvalue weighted by Gasteiger charge is 2.28. The van der Waals surface area contributed by atoms with Gasteiger partial charge in [-0.3, -0.25) is 0 Å². The maximum atomic E-state index is 5.24. The van der Waals surface area contributed by atoms with Crippen molar-refractivity contribution in [3.63, 3.8) is 0 Å². The van der Waals surface area contributed by atoms with Crippen LogP contribution < -0.4 is 5.32 Å². The number of hydrogen-bond donors (Lipinski definition) is 1. The summed E-state index contributed by atoms with van der Waals surface area (Å²) in [5.41, 5.74) is 2.64. The fraction of sp³-hybridized carbons (Fsp3) is 0.600. The average Bonchev–Trinajstić information content (AvgIpc) is 2.79. The van der Waals surface area contributed by atoms with Crippen molar-refractivity contribution in [3.8, 4) is 0 Å². The van der Waals surface area contributed by atoms with Crippen molar-refractivity contribution in [2.24, 2.45) is 0 Å². The van der Waals surface area contributed by atoms with Crippen molar-refractivity contribution in [2.75, 3.05) is 19.4 Å². The number of thioether (sulfide) groups is 1. The van der Waals surface area contributed by atoms with Gasteiger partial charge in [0, 0.05) is 24.9 Å². The van der Waals surface area contributed by atoms with Crippen LogP contribution in [0.4, 0.5) is 0 Å². The van der Waals surface area contributed by atoms with E-state index in [-0.39, 0.29) is 0 Å². The van der Waals surface area contributed by atoms with Gasteiger partial charge in [0.05, 0.1) is 6.61 Å². The highest BCUT2D eigenvalue weighted by atomic mass is 32.2. The van der Waals surface area contributed by atoms with Crippen molar-refractivity contribution < 1.29 is 4.74 Å². The summed E-state index contributed by atoms with van der Waals surface area (Å²) in [6.45, 7) is 5.11. The van der Waals surface area contributed by atoms with E-state index in [4.69, 9.17) is 4.74 Å². The normalized spacial score (nSPS) is 23.4. The first-order chi connectivity index (χ1) is 8.73. The summed E-state index contributed by atoms with van der Waals surface area (Å²) in [7, 11) is 1.75. The molecule has 1 aliphatic heterocycles. The van der Waals surface area contributed by atoms with E-state index in [0.717, 1.165) is 13.1 Å². The highest BCUT2D eigenvalue weighted by Crippen LogP contribution is 2.36. The number of rotatable bonds is 6.